The Kier molecular flexibility index (Phi) is 3.76. The van der Waals surface area contributed by atoms with Crippen LogP contribution >= 0.6 is 0 Å². The number of nitrogens with one attached hydrogen (secondary N) is 2. The fourth-order valence-corrected chi connectivity index (χ4v) is 5.07. The van der Waals surface area contributed by atoms with Crippen LogP contribution < -0.4 is 15.5 Å². The number of anilines is 1. The van der Waals surface area contributed by atoms with Gasteiger partial charge in [-0.25, -0.2) is 4.39 Å². The van der Waals surface area contributed by atoms with Gasteiger partial charge in [0.25, 0.3) is 0 Å². The second kappa shape index (κ2) is 6.03. The van der Waals surface area contributed by atoms with Crippen LogP contribution in [-0.2, 0) is 22.7 Å². The number of hydrogen-bond donors (Lipinski definition) is 2. The predicted molar refractivity (Wildman–Crippen MR) is 94.0 cm³/mol. The maximum Gasteiger partial charge on any atom is 0.243 e. The number of amides is 2. The smallest absolute Gasteiger partial charge is 0.243 e. The number of benzene rings is 1. The van der Waals surface area contributed by atoms with Gasteiger partial charge >= 0.3 is 0 Å². The predicted octanol–water partition coefficient (Wildman–Crippen LogP) is 0.887. The lowest BCUT2D eigenvalue weighted by Gasteiger charge is -2.37. The number of halogens is 1. The molecule has 7 heteroatoms. The largest absolute Gasteiger partial charge is 0.363 e. The molecular weight excluding hydrogens is 335 g/mol. The van der Waals surface area contributed by atoms with E-state index in [1.165, 1.54) is 0 Å². The summed E-state index contributed by atoms with van der Waals surface area (Å²) in [5, 5.41) is 5.86. The second-order valence-corrected chi connectivity index (χ2v) is 7.89. The number of piperazine rings is 1. The number of hydrogen-bond acceptors (Lipinski definition) is 5. The van der Waals surface area contributed by atoms with Crippen molar-refractivity contribution in [3.05, 3.63) is 29.1 Å². The summed E-state index contributed by atoms with van der Waals surface area (Å²) < 4.78 is 14.9. The Balaban J connectivity index is 1.40. The van der Waals surface area contributed by atoms with Crippen molar-refractivity contribution in [3.8, 4) is 0 Å². The van der Waals surface area contributed by atoms with Crippen LogP contribution in [0.1, 0.15) is 36.8 Å². The van der Waals surface area contributed by atoms with Crippen molar-refractivity contribution >= 4 is 17.5 Å². The molecule has 2 amide bonds. The first-order chi connectivity index (χ1) is 12.6. The van der Waals surface area contributed by atoms with Crippen molar-refractivity contribution in [2.45, 2.75) is 56.9 Å². The van der Waals surface area contributed by atoms with Crippen LogP contribution in [0, 0.1) is 5.82 Å². The van der Waals surface area contributed by atoms with Gasteiger partial charge < -0.3 is 10.2 Å². The maximum atomic E-state index is 14.9. The highest BCUT2D eigenvalue weighted by molar-refractivity contribution is 6.00. The van der Waals surface area contributed by atoms with Crippen LogP contribution in [0.3, 0.4) is 0 Å². The summed E-state index contributed by atoms with van der Waals surface area (Å²) in [6.07, 6.45) is 3.16. The summed E-state index contributed by atoms with van der Waals surface area (Å²) in [4.78, 5) is 27.9. The zero-order chi connectivity index (χ0) is 17.8. The first-order valence-electron chi connectivity index (χ1n) is 9.48. The minimum absolute atomic E-state index is 0.176. The van der Waals surface area contributed by atoms with Crippen LogP contribution in [0.25, 0.3) is 0 Å². The Morgan fingerprint density at radius 1 is 1.04 bits per heavy atom. The molecule has 26 heavy (non-hydrogen) atoms. The topological polar surface area (TPSA) is 64.7 Å². The van der Waals surface area contributed by atoms with Gasteiger partial charge in [0.2, 0.25) is 11.8 Å². The van der Waals surface area contributed by atoms with Gasteiger partial charge in [-0.2, -0.15) is 0 Å². The molecule has 6 nitrogen and oxygen atoms in total. The minimum atomic E-state index is -0.349. The monoisotopic (exact) mass is 358 g/mol. The molecule has 0 radical (unpaired) electrons. The third-order valence-electron chi connectivity index (χ3n) is 6.34. The van der Waals surface area contributed by atoms with E-state index in [-0.39, 0.29) is 23.7 Å². The molecule has 2 N–H and O–H groups in total. The Hall–Kier alpha value is -1.99. The Morgan fingerprint density at radius 3 is 2.54 bits per heavy atom. The Bertz CT molecular complexity index is 767. The van der Waals surface area contributed by atoms with Crippen LogP contribution in [0.2, 0.25) is 0 Å². The van der Waals surface area contributed by atoms with E-state index in [1.807, 2.05) is 4.90 Å². The molecule has 138 valence electrons. The molecule has 0 saturated carbocycles. The van der Waals surface area contributed by atoms with Gasteiger partial charge in [-0.3, -0.25) is 19.8 Å². The Morgan fingerprint density at radius 2 is 1.81 bits per heavy atom. The molecule has 3 unspecified atom stereocenters. The summed E-state index contributed by atoms with van der Waals surface area (Å²) in [5.41, 5.74) is 2.64. The third kappa shape index (κ3) is 2.53. The number of piperidine rings is 1. The molecule has 5 rings (SSSR count). The molecule has 3 saturated heterocycles. The molecule has 4 aliphatic rings. The van der Waals surface area contributed by atoms with Crippen molar-refractivity contribution in [1.29, 1.82) is 0 Å². The number of imide groups is 1. The molecule has 0 aliphatic carbocycles. The number of rotatable bonds is 2. The van der Waals surface area contributed by atoms with E-state index in [1.54, 1.807) is 6.07 Å². The standard InChI is InChI=1S/C19H23FN4O2/c20-16-6-14(24-12-1-2-13(24)8-21-7-12)5-11-9-23(10-15(11)16)17-3-4-18(25)22-19(17)26/h5-6,12-13,17,21H,1-4,7-10H2,(H,22,25,26). The number of nitrogens with zero attached hydrogens (tertiary/aromatic N) is 2. The molecule has 4 heterocycles. The molecule has 2 bridgehead atoms. The normalized spacial score (nSPS) is 31.3. The fraction of sp³-hybridized carbons (Fsp3) is 0.579. The first-order valence-corrected chi connectivity index (χ1v) is 9.48. The summed E-state index contributed by atoms with van der Waals surface area (Å²) >= 11 is 0. The second-order valence-electron chi connectivity index (χ2n) is 7.89. The Labute approximate surface area is 151 Å². The van der Waals surface area contributed by atoms with Crippen LogP contribution in [-0.4, -0.2) is 47.9 Å². The van der Waals surface area contributed by atoms with Crippen LogP contribution in [0.5, 0.6) is 0 Å². The molecule has 3 atom stereocenters. The molecule has 1 aromatic carbocycles. The summed E-state index contributed by atoms with van der Waals surface area (Å²) in [5.74, 6) is -0.648. The van der Waals surface area contributed by atoms with Gasteiger partial charge in [0.05, 0.1) is 6.04 Å². The van der Waals surface area contributed by atoms with E-state index in [0.717, 1.165) is 37.2 Å². The van der Waals surface area contributed by atoms with E-state index in [4.69, 9.17) is 0 Å². The zero-order valence-electron chi connectivity index (χ0n) is 14.6. The molecule has 4 aliphatic heterocycles. The van der Waals surface area contributed by atoms with E-state index in [2.05, 4.69) is 21.6 Å². The minimum Gasteiger partial charge on any atom is -0.363 e. The summed E-state index contributed by atoms with van der Waals surface area (Å²) in [6.45, 7) is 2.91. The van der Waals surface area contributed by atoms with E-state index in [0.29, 0.717) is 43.6 Å². The number of fused-ring (bicyclic) bond motifs is 3. The molecule has 1 aromatic rings. The van der Waals surface area contributed by atoms with Gasteiger partial charge in [-0.05, 0) is 37.0 Å². The van der Waals surface area contributed by atoms with E-state index < -0.39 is 0 Å². The highest BCUT2D eigenvalue weighted by Crippen LogP contribution is 2.37. The van der Waals surface area contributed by atoms with Crippen LogP contribution in [0.15, 0.2) is 12.1 Å². The van der Waals surface area contributed by atoms with Crippen molar-refractivity contribution in [2.24, 2.45) is 0 Å². The SMILES string of the molecule is O=C1CCC(N2Cc3cc(N4C5CCC4CNC5)cc(F)c3C2)C(=O)N1. The van der Waals surface area contributed by atoms with E-state index in [9.17, 15) is 14.0 Å². The van der Waals surface area contributed by atoms with Crippen molar-refractivity contribution in [3.63, 3.8) is 0 Å². The van der Waals surface area contributed by atoms with Crippen LogP contribution in [0.4, 0.5) is 10.1 Å². The average Bonchev–Trinajstić information content (AvgIpc) is 3.13. The summed E-state index contributed by atoms with van der Waals surface area (Å²) in [6, 6.07) is 4.32. The van der Waals surface area contributed by atoms with Gasteiger partial charge in [-0.15, -0.1) is 0 Å². The quantitative estimate of drug-likeness (QED) is 0.769. The fourth-order valence-electron chi connectivity index (χ4n) is 5.07. The molecular formula is C19H23FN4O2. The van der Waals surface area contributed by atoms with Crippen molar-refractivity contribution in [2.75, 3.05) is 18.0 Å². The lowest BCUT2D eigenvalue weighted by molar-refractivity contribution is -0.137. The zero-order valence-corrected chi connectivity index (χ0v) is 14.6. The number of carbonyl (C=O) groups excluding carboxylic acids is 2. The molecule has 0 aromatic heterocycles. The highest BCUT2D eigenvalue weighted by Gasteiger charge is 2.39. The lowest BCUT2D eigenvalue weighted by atomic mass is 10.0. The maximum absolute atomic E-state index is 14.9. The summed E-state index contributed by atoms with van der Waals surface area (Å²) in [7, 11) is 0. The average molecular weight is 358 g/mol. The van der Waals surface area contributed by atoms with Crippen molar-refractivity contribution in [1.82, 2.24) is 15.5 Å². The van der Waals surface area contributed by atoms with Gasteiger partial charge in [-0.1, -0.05) is 0 Å². The highest BCUT2D eigenvalue weighted by atomic mass is 19.1. The third-order valence-corrected chi connectivity index (χ3v) is 6.34. The van der Waals surface area contributed by atoms with E-state index >= 15 is 0 Å². The van der Waals surface area contributed by atoms with Gasteiger partial charge in [0, 0.05) is 55.9 Å². The molecule has 3 fully saturated rings. The molecule has 0 spiro atoms. The number of carbonyl (C=O) groups is 2. The van der Waals surface area contributed by atoms with Gasteiger partial charge in [0.1, 0.15) is 5.82 Å². The van der Waals surface area contributed by atoms with Crippen molar-refractivity contribution < 1.29 is 14.0 Å². The first kappa shape index (κ1) is 16.2. The van der Waals surface area contributed by atoms with Gasteiger partial charge in [0.15, 0.2) is 0 Å². The lowest BCUT2D eigenvalue weighted by Crippen LogP contribution is -2.52.